The van der Waals surface area contributed by atoms with Gasteiger partial charge in [0.25, 0.3) is 5.91 Å². The highest BCUT2D eigenvalue weighted by atomic mass is 16.7. The van der Waals surface area contributed by atoms with Crippen molar-refractivity contribution in [1.82, 2.24) is 0 Å². The lowest BCUT2D eigenvalue weighted by Crippen LogP contribution is -2.41. The lowest BCUT2D eigenvalue weighted by atomic mass is 10.1. The third kappa shape index (κ3) is 2.74. The molecular formula is C14H13N3O3. The highest BCUT2D eigenvalue weighted by molar-refractivity contribution is 5.84. The Morgan fingerprint density at radius 1 is 1.05 bits per heavy atom. The summed E-state index contributed by atoms with van der Waals surface area (Å²) >= 11 is 0. The summed E-state index contributed by atoms with van der Waals surface area (Å²) in [6.45, 7) is 0. The lowest BCUT2D eigenvalue weighted by molar-refractivity contribution is -0.499. The molecule has 102 valence electrons. The van der Waals surface area contributed by atoms with E-state index in [9.17, 15) is 14.9 Å². The lowest BCUT2D eigenvalue weighted by Gasteiger charge is -2.22. The van der Waals surface area contributed by atoms with Gasteiger partial charge in [0, 0.05) is 0 Å². The molecule has 20 heavy (non-hydrogen) atoms. The van der Waals surface area contributed by atoms with Gasteiger partial charge in [0.05, 0.1) is 0 Å². The molecule has 0 saturated heterocycles. The Labute approximate surface area is 115 Å². The molecule has 0 aliphatic heterocycles. The van der Waals surface area contributed by atoms with Crippen molar-refractivity contribution < 1.29 is 9.83 Å². The van der Waals surface area contributed by atoms with Crippen LogP contribution in [0, 0.1) is 10.1 Å². The Balaban J connectivity index is 2.50. The average Bonchev–Trinajstić information content (AvgIpc) is 2.45. The van der Waals surface area contributed by atoms with Crippen LogP contribution in [0.15, 0.2) is 60.7 Å². The maximum absolute atomic E-state index is 11.7. The van der Waals surface area contributed by atoms with E-state index >= 15 is 0 Å². The van der Waals surface area contributed by atoms with Crippen LogP contribution in [0.25, 0.3) is 0 Å². The number of nitrogens with zero attached hydrogens (tertiary/aromatic N) is 2. The molecule has 2 aromatic carbocycles. The second-order valence-electron chi connectivity index (χ2n) is 4.13. The number of para-hydroxylation sites is 1. The number of hydrogen-bond donors (Lipinski definition) is 1. The predicted molar refractivity (Wildman–Crippen MR) is 74.3 cm³/mol. The van der Waals surface area contributed by atoms with Gasteiger partial charge in [-0.3, -0.25) is 4.79 Å². The number of anilines is 1. The Kier molecular flexibility index (Phi) is 3.95. The van der Waals surface area contributed by atoms with Gasteiger partial charge in [0.1, 0.15) is 5.69 Å². The summed E-state index contributed by atoms with van der Waals surface area (Å²) in [7, 11) is 0. The molecule has 0 radical (unpaired) electrons. The molecular weight excluding hydrogens is 258 g/mol. The van der Waals surface area contributed by atoms with E-state index in [-0.39, 0.29) is 0 Å². The zero-order chi connectivity index (χ0) is 14.5. The molecule has 0 aromatic heterocycles. The molecule has 0 aliphatic rings. The molecule has 0 bridgehead atoms. The first-order valence-electron chi connectivity index (χ1n) is 5.94. The van der Waals surface area contributed by atoms with Crippen molar-refractivity contribution in [2.24, 2.45) is 5.73 Å². The number of benzene rings is 2. The minimum absolute atomic E-state index is 0.296. The van der Waals surface area contributed by atoms with E-state index in [1.165, 1.54) is 0 Å². The standard InChI is InChI=1S/C14H13N3O3/c15-14(18)13(11-7-3-1-4-8-11)16(17(19)20)12-9-5-2-6-10-12/h1-10,13H,(H2,15,18). The largest absolute Gasteiger partial charge is 0.367 e. The van der Waals surface area contributed by atoms with Gasteiger partial charge in [-0.15, -0.1) is 0 Å². The third-order valence-corrected chi connectivity index (χ3v) is 2.83. The van der Waals surface area contributed by atoms with Gasteiger partial charge in [-0.05, 0) is 17.7 Å². The molecule has 2 rings (SSSR count). The van der Waals surface area contributed by atoms with Crippen LogP contribution in [0.2, 0.25) is 0 Å². The second kappa shape index (κ2) is 5.83. The van der Waals surface area contributed by atoms with Crippen molar-refractivity contribution in [1.29, 1.82) is 0 Å². The topological polar surface area (TPSA) is 89.5 Å². The normalized spacial score (nSPS) is 11.6. The van der Waals surface area contributed by atoms with Gasteiger partial charge < -0.3 is 5.73 Å². The molecule has 1 unspecified atom stereocenters. The van der Waals surface area contributed by atoms with Crippen LogP contribution in [-0.4, -0.2) is 10.9 Å². The summed E-state index contributed by atoms with van der Waals surface area (Å²) in [5.74, 6) is -0.781. The summed E-state index contributed by atoms with van der Waals surface area (Å²) in [6.07, 6.45) is 0. The first-order chi connectivity index (χ1) is 9.61. The molecule has 0 saturated carbocycles. The average molecular weight is 271 g/mol. The molecule has 0 aliphatic carbocycles. The molecule has 2 aromatic rings. The summed E-state index contributed by atoms with van der Waals surface area (Å²) < 4.78 is 0. The summed E-state index contributed by atoms with van der Waals surface area (Å²) in [5, 5.41) is 11.5. The second-order valence-corrected chi connectivity index (χ2v) is 4.13. The van der Waals surface area contributed by atoms with E-state index in [0.29, 0.717) is 11.3 Å². The number of hydrazine groups is 1. The quantitative estimate of drug-likeness (QED) is 0.664. The maximum atomic E-state index is 11.7. The first-order valence-corrected chi connectivity index (χ1v) is 5.94. The van der Waals surface area contributed by atoms with Crippen LogP contribution in [0.5, 0.6) is 0 Å². The van der Waals surface area contributed by atoms with Gasteiger partial charge in [-0.2, -0.15) is 0 Å². The Bertz CT molecular complexity index is 546. The van der Waals surface area contributed by atoms with E-state index in [1.807, 2.05) is 0 Å². The molecule has 2 N–H and O–H groups in total. The maximum Gasteiger partial charge on any atom is 0.251 e. The Morgan fingerprint density at radius 2 is 1.55 bits per heavy atom. The zero-order valence-corrected chi connectivity index (χ0v) is 10.5. The van der Waals surface area contributed by atoms with Crippen LogP contribution in [0.1, 0.15) is 11.6 Å². The summed E-state index contributed by atoms with van der Waals surface area (Å²) in [4.78, 5) is 23.0. The van der Waals surface area contributed by atoms with Crippen molar-refractivity contribution in [3.63, 3.8) is 0 Å². The zero-order valence-electron chi connectivity index (χ0n) is 10.5. The van der Waals surface area contributed by atoms with E-state index in [1.54, 1.807) is 60.7 Å². The smallest absolute Gasteiger partial charge is 0.251 e. The van der Waals surface area contributed by atoms with Crippen molar-refractivity contribution in [3.05, 3.63) is 76.3 Å². The minimum atomic E-state index is -1.16. The number of amides is 1. The number of rotatable bonds is 5. The van der Waals surface area contributed by atoms with Gasteiger partial charge in [-0.25, -0.2) is 10.1 Å². The number of nitrogens with two attached hydrogens (primary N) is 1. The van der Waals surface area contributed by atoms with Gasteiger partial charge in [0.15, 0.2) is 11.1 Å². The number of carbonyl (C=O) groups excluding carboxylic acids is 1. The molecule has 1 amide bonds. The van der Waals surface area contributed by atoms with Crippen molar-refractivity contribution in [3.8, 4) is 0 Å². The fourth-order valence-corrected chi connectivity index (χ4v) is 1.98. The van der Waals surface area contributed by atoms with Gasteiger partial charge in [0.2, 0.25) is 0 Å². The number of nitro groups is 1. The highest BCUT2D eigenvalue weighted by Gasteiger charge is 2.34. The highest BCUT2D eigenvalue weighted by Crippen LogP contribution is 2.26. The van der Waals surface area contributed by atoms with E-state index in [2.05, 4.69) is 0 Å². The van der Waals surface area contributed by atoms with Crippen LogP contribution in [0.4, 0.5) is 5.69 Å². The molecule has 0 heterocycles. The van der Waals surface area contributed by atoms with Gasteiger partial charge >= 0.3 is 0 Å². The summed E-state index contributed by atoms with van der Waals surface area (Å²) in [6, 6.07) is 15.5. The van der Waals surface area contributed by atoms with Crippen molar-refractivity contribution in [2.75, 3.05) is 5.01 Å². The molecule has 1 atom stereocenters. The molecule has 0 fully saturated rings. The number of carbonyl (C=O) groups is 1. The predicted octanol–water partition coefficient (Wildman–Crippen LogP) is 1.91. The third-order valence-electron chi connectivity index (χ3n) is 2.83. The Hall–Kier alpha value is -2.89. The molecule has 0 spiro atoms. The molecule has 6 heteroatoms. The first kappa shape index (κ1) is 13.5. The fourth-order valence-electron chi connectivity index (χ4n) is 1.98. The van der Waals surface area contributed by atoms with Crippen LogP contribution in [-0.2, 0) is 4.79 Å². The summed E-state index contributed by atoms with van der Waals surface area (Å²) in [5.41, 5.74) is 6.13. The monoisotopic (exact) mass is 271 g/mol. The number of hydrogen-bond acceptors (Lipinski definition) is 3. The van der Waals surface area contributed by atoms with E-state index in [0.717, 1.165) is 5.01 Å². The van der Waals surface area contributed by atoms with Crippen LogP contribution >= 0.6 is 0 Å². The van der Waals surface area contributed by atoms with Crippen LogP contribution in [0.3, 0.4) is 0 Å². The number of primary amides is 1. The van der Waals surface area contributed by atoms with Crippen molar-refractivity contribution in [2.45, 2.75) is 6.04 Å². The van der Waals surface area contributed by atoms with Crippen LogP contribution < -0.4 is 10.7 Å². The SMILES string of the molecule is NC(=O)C(c1ccccc1)N(c1ccccc1)[N+](=O)[O-]. The van der Waals surface area contributed by atoms with E-state index < -0.39 is 17.0 Å². The minimum Gasteiger partial charge on any atom is -0.367 e. The fraction of sp³-hybridized carbons (Fsp3) is 0.0714. The van der Waals surface area contributed by atoms with E-state index in [4.69, 9.17) is 5.73 Å². The molecule has 6 nitrogen and oxygen atoms in total. The Morgan fingerprint density at radius 3 is 2.00 bits per heavy atom. The van der Waals surface area contributed by atoms with Crippen molar-refractivity contribution >= 4 is 11.6 Å². The van der Waals surface area contributed by atoms with Gasteiger partial charge in [-0.1, -0.05) is 53.5 Å².